The Hall–Kier alpha value is -0.160. The zero-order valence-electron chi connectivity index (χ0n) is 15.7. The molecule has 4 nitrogen and oxygen atoms in total. The lowest BCUT2D eigenvalue weighted by molar-refractivity contribution is 0.156. The Bertz CT molecular complexity index is 258. The van der Waals surface area contributed by atoms with Crippen molar-refractivity contribution < 1.29 is 10.2 Å². The van der Waals surface area contributed by atoms with Gasteiger partial charge in [0.25, 0.3) is 0 Å². The van der Waals surface area contributed by atoms with Crippen molar-refractivity contribution in [3.8, 4) is 0 Å². The van der Waals surface area contributed by atoms with Crippen molar-refractivity contribution >= 4 is 0 Å². The molecule has 134 valence electrons. The van der Waals surface area contributed by atoms with E-state index in [0.717, 1.165) is 26.2 Å². The number of aliphatic hydroxyl groups is 2. The summed E-state index contributed by atoms with van der Waals surface area (Å²) in [6.45, 7) is 17.3. The minimum atomic E-state index is -0.0972. The van der Waals surface area contributed by atoms with Gasteiger partial charge in [0, 0.05) is 26.2 Å². The molecule has 0 spiro atoms. The van der Waals surface area contributed by atoms with Crippen molar-refractivity contribution in [2.24, 2.45) is 23.2 Å². The third-order valence-electron chi connectivity index (χ3n) is 4.07. The molecule has 0 bridgehead atoms. The molecule has 2 aliphatic rings. The Balaban J connectivity index is 0.000000372. The number of β-amino-alcohol motifs (C(OH)–C–C–N with tert-alkyl or cyclic N) is 1. The Morgan fingerprint density at radius 3 is 1.77 bits per heavy atom. The molecule has 2 fully saturated rings. The summed E-state index contributed by atoms with van der Waals surface area (Å²) >= 11 is 0. The van der Waals surface area contributed by atoms with E-state index >= 15 is 0 Å². The van der Waals surface area contributed by atoms with E-state index in [-0.39, 0.29) is 6.10 Å². The molecular weight excluding hydrogens is 276 g/mol. The maximum atomic E-state index is 9.09. The fourth-order valence-corrected chi connectivity index (χ4v) is 2.82. The van der Waals surface area contributed by atoms with E-state index in [4.69, 9.17) is 10.2 Å². The summed E-state index contributed by atoms with van der Waals surface area (Å²) in [4.78, 5) is 0. The highest BCUT2D eigenvalue weighted by atomic mass is 16.3. The van der Waals surface area contributed by atoms with Crippen LogP contribution in [0.2, 0.25) is 0 Å². The Kier molecular flexibility index (Phi) is 11.3. The van der Waals surface area contributed by atoms with Gasteiger partial charge in [-0.1, -0.05) is 48.0 Å². The van der Waals surface area contributed by atoms with Crippen molar-refractivity contribution in [3.63, 3.8) is 0 Å². The first-order valence-electron chi connectivity index (χ1n) is 8.95. The second-order valence-electron chi connectivity index (χ2n) is 8.04. The lowest BCUT2D eigenvalue weighted by atomic mass is 9.80. The quantitative estimate of drug-likeness (QED) is 0.631. The van der Waals surface area contributed by atoms with Crippen molar-refractivity contribution in [3.05, 3.63) is 0 Å². The SMILES string of the molecule is CC(C)(C)C[C@@H]1CNC[C@H]1CO.CCC.C[C@@H]1CNC[C@H]1O. The van der Waals surface area contributed by atoms with E-state index in [2.05, 4.69) is 45.3 Å². The van der Waals surface area contributed by atoms with Gasteiger partial charge < -0.3 is 20.8 Å². The molecule has 0 aromatic carbocycles. The predicted molar refractivity (Wildman–Crippen MR) is 95.0 cm³/mol. The first-order chi connectivity index (χ1) is 10.2. The normalized spacial score (nSPS) is 31.1. The number of rotatable bonds is 2. The predicted octanol–water partition coefficient (Wildman–Crippen LogP) is 2.25. The minimum Gasteiger partial charge on any atom is -0.396 e. The molecule has 2 heterocycles. The smallest absolute Gasteiger partial charge is 0.0702 e. The molecule has 0 saturated carbocycles. The molecule has 2 saturated heterocycles. The van der Waals surface area contributed by atoms with Gasteiger partial charge >= 0.3 is 0 Å². The highest BCUT2D eigenvalue weighted by Gasteiger charge is 2.29. The summed E-state index contributed by atoms with van der Waals surface area (Å²) in [7, 11) is 0. The Morgan fingerprint density at radius 1 is 0.955 bits per heavy atom. The fraction of sp³-hybridized carbons (Fsp3) is 1.00. The van der Waals surface area contributed by atoms with E-state index in [9.17, 15) is 0 Å². The third kappa shape index (κ3) is 9.78. The lowest BCUT2D eigenvalue weighted by Gasteiger charge is -2.25. The monoisotopic (exact) mass is 316 g/mol. The van der Waals surface area contributed by atoms with Crippen molar-refractivity contribution in [2.45, 2.75) is 60.5 Å². The van der Waals surface area contributed by atoms with Gasteiger partial charge in [0.2, 0.25) is 0 Å². The maximum absolute atomic E-state index is 9.09. The van der Waals surface area contributed by atoms with E-state index in [1.807, 2.05) is 6.92 Å². The largest absolute Gasteiger partial charge is 0.396 e. The highest BCUT2D eigenvalue weighted by molar-refractivity contribution is 4.83. The van der Waals surface area contributed by atoms with Gasteiger partial charge in [0.15, 0.2) is 0 Å². The molecule has 4 atom stereocenters. The van der Waals surface area contributed by atoms with Crippen LogP contribution in [0.25, 0.3) is 0 Å². The average Bonchev–Trinajstić information content (AvgIpc) is 2.99. The van der Waals surface area contributed by atoms with E-state index in [1.165, 1.54) is 12.8 Å². The van der Waals surface area contributed by atoms with Crippen molar-refractivity contribution in [1.82, 2.24) is 10.6 Å². The molecule has 2 rings (SSSR count). The second kappa shape index (κ2) is 11.4. The topological polar surface area (TPSA) is 64.5 Å². The van der Waals surface area contributed by atoms with Crippen molar-refractivity contribution in [2.75, 3.05) is 32.8 Å². The number of aliphatic hydroxyl groups excluding tert-OH is 2. The van der Waals surface area contributed by atoms with Gasteiger partial charge in [-0.3, -0.25) is 0 Å². The zero-order valence-corrected chi connectivity index (χ0v) is 15.7. The van der Waals surface area contributed by atoms with Gasteiger partial charge in [-0.05, 0) is 36.1 Å². The average molecular weight is 317 g/mol. The van der Waals surface area contributed by atoms with Crippen LogP contribution in [0.4, 0.5) is 0 Å². The standard InChI is InChI=1S/C10H21NO.C5H11NO.C3H8/c1-10(2,3)4-8-5-11-6-9(8)7-12;1-4-2-6-3-5(4)7;1-3-2/h8-9,11-12H,4-7H2,1-3H3;4-7H,2-3H2,1H3;3H2,1-2H3/t8-,9+;4-,5-;/m11./s1. The lowest BCUT2D eigenvalue weighted by Crippen LogP contribution is -2.22. The molecule has 0 aromatic heterocycles. The van der Waals surface area contributed by atoms with Crippen LogP contribution in [-0.4, -0.2) is 49.1 Å². The molecule has 4 N–H and O–H groups in total. The number of hydrogen-bond donors (Lipinski definition) is 4. The molecule has 4 heteroatoms. The molecule has 0 radical (unpaired) electrons. The molecule has 22 heavy (non-hydrogen) atoms. The second-order valence-corrected chi connectivity index (χ2v) is 8.04. The zero-order chi connectivity index (χ0) is 17.2. The van der Waals surface area contributed by atoms with Crippen LogP contribution in [0.5, 0.6) is 0 Å². The molecule has 2 aliphatic heterocycles. The van der Waals surface area contributed by atoms with Gasteiger partial charge in [-0.25, -0.2) is 0 Å². The summed E-state index contributed by atoms with van der Waals surface area (Å²) in [5.41, 5.74) is 0.393. The molecule has 0 amide bonds. The van der Waals surface area contributed by atoms with Crippen molar-refractivity contribution in [1.29, 1.82) is 0 Å². The maximum Gasteiger partial charge on any atom is 0.0702 e. The van der Waals surface area contributed by atoms with Gasteiger partial charge in [-0.15, -0.1) is 0 Å². The van der Waals surface area contributed by atoms with Gasteiger partial charge in [0.05, 0.1) is 6.10 Å². The Morgan fingerprint density at radius 2 is 1.45 bits per heavy atom. The molecule has 0 aliphatic carbocycles. The fourth-order valence-electron chi connectivity index (χ4n) is 2.82. The highest BCUT2D eigenvalue weighted by Crippen LogP contribution is 2.30. The summed E-state index contributed by atoms with van der Waals surface area (Å²) in [6.07, 6.45) is 2.37. The van der Waals surface area contributed by atoms with Gasteiger partial charge in [0.1, 0.15) is 0 Å². The van der Waals surface area contributed by atoms with Crippen LogP contribution in [-0.2, 0) is 0 Å². The molecule has 0 aromatic rings. The summed E-state index contributed by atoms with van der Waals surface area (Å²) in [5, 5.41) is 24.4. The van der Waals surface area contributed by atoms with Crippen LogP contribution < -0.4 is 10.6 Å². The molecule has 0 unspecified atom stereocenters. The third-order valence-corrected chi connectivity index (χ3v) is 4.07. The van der Waals surface area contributed by atoms with Crippen LogP contribution in [0.1, 0.15) is 54.4 Å². The summed E-state index contributed by atoms with van der Waals surface area (Å²) in [5.74, 6) is 1.62. The first kappa shape index (κ1) is 21.8. The van der Waals surface area contributed by atoms with Crippen LogP contribution in [0, 0.1) is 23.2 Å². The minimum absolute atomic E-state index is 0.0972. The number of hydrogen-bond acceptors (Lipinski definition) is 4. The summed E-state index contributed by atoms with van der Waals surface area (Å²) < 4.78 is 0. The van der Waals surface area contributed by atoms with E-state index in [0.29, 0.717) is 29.8 Å². The summed E-state index contributed by atoms with van der Waals surface area (Å²) in [6, 6.07) is 0. The van der Waals surface area contributed by atoms with E-state index < -0.39 is 0 Å². The first-order valence-corrected chi connectivity index (χ1v) is 8.95. The molecular formula is C18H40N2O2. The Labute approximate surface area is 138 Å². The van der Waals surface area contributed by atoms with Crippen LogP contribution in [0.15, 0.2) is 0 Å². The van der Waals surface area contributed by atoms with Crippen LogP contribution >= 0.6 is 0 Å². The van der Waals surface area contributed by atoms with E-state index in [1.54, 1.807) is 0 Å². The van der Waals surface area contributed by atoms with Gasteiger partial charge in [-0.2, -0.15) is 0 Å². The van der Waals surface area contributed by atoms with Crippen LogP contribution in [0.3, 0.4) is 0 Å². The number of nitrogens with one attached hydrogen (secondary N) is 2.